The fourth-order valence-electron chi connectivity index (χ4n) is 2.44. The number of ether oxygens (including phenoxy) is 2. The molecule has 2 rings (SSSR count). The highest BCUT2D eigenvalue weighted by Crippen LogP contribution is 2.29. The van der Waals surface area contributed by atoms with Gasteiger partial charge in [0.25, 0.3) is 0 Å². The Labute approximate surface area is 149 Å². The van der Waals surface area contributed by atoms with Crippen LogP contribution in [0.25, 0.3) is 0 Å². The van der Waals surface area contributed by atoms with Crippen LogP contribution in [0.3, 0.4) is 0 Å². The van der Waals surface area contributed by atoms with Crippen LogP contribution in [-0.2, 0) is 19.1 Å². The van der Waals surface area contributed by atoms with Gasteiger partial charge >= 0.3 is 11.9 Å². The Morgan fingerprint density at radius 3 is 2.76 bits per heavy atom. The van der Waals surface area contributed by atoms with Gasteiger partial charge in [-0.2, -0.15) is 4.98 Å². The zero-order valence-corrected chi connectivity index (χ0v) is 15.1. The van der Waals surface area contributed by atoms with Crippen molar-refractivity contribution in [3.8, 4) is 0 Å². The highest BCUT2D eigenvalue weighted by Gasteiger charge is 2.50. The molecule has 8 nitrogen and oxygen atoms in total. The molecule has 0 bridgehead atoms. The summed E-state index contributed by atoms with van der Waals surface area (Å²) in [7, 11) is 1.24. The summed E-state index contributed by atoms with van der Waals surface area (Å²) in [4.78, 5) is 31.9. The van der Waals surface area contributed by atoms with Gasteiger partial charge in [0.05, 0.1) is 13.3 Å². The molecule has 0 amide bonds. The number of rotatable bonds is 4. The number of methoxy groups -OCH3 is 1. The van der Waals surface area contributed by atoms with Gasteiger partial charge in [0.2, 0.25) is 5.28 Å². The first-order valence-electron chi connectivity index (χ1n) is 7.57. The van der Waals surface area contributed by atoms with Crippen LogP contribution >= 0.6 is 11.6 Å². The number of hydrogen-bond acceptors (Lipinski definition) is 8. The van der Waals surface area contributed by atoms with Crippen molar-refractivity contribution in [2.75, 3.05) is 19.0 Å². The molecule has 10 heteroatoms. The largest absolute Gasteiger partial charge is 0.468 e. The number of nitrogens with zero attached hydrogens (tertiary/aromatic N) is 2. The van der Waals surface area contributed by atoms with E-state index in [4.69, 9.17) is 21.1 Å². The predicted molar refractivity (Wildman–Crippen MR) is 87.6 cm³/mol. The van der Waals surface area contributed by atoms with Crippen molar-refractivity contribution in [1.82, 2.24) is 15.3 Å². The molecule has 0 spiro atoms. The smallest absolute Gasteiger partial charge is 0.333 e. The minimum atomic E-state index is -1.41. The summed E-state index contributed by atoms with van der Waals surface area (Å²) in [5, 5.41) is 5.44. The van der Waals surface area contributed by atoms with E-state index in [-0.39, 0.29) is 24.1 Å². The summed E-state index contributed by atoms with van der Waals surface area (Å²) >= 11 is 5.70. The van der Waals surface area contributed by atoms with Crippen molar-refractivity contribution in [3.63, 3.8) is 0 Å². The van der Waals surface area contributed by atoms with E-state index in [2.05, 4.69) is 20.6 Å². The highest BCUT2D eigenvalue weighted by molar-refractivity contribution is 6.28. The van der Waals surface area contributed by atoms with Gasteiger partial charge in [0, 0.05) is 13.0 Å². The summed E-state index contributed by atoms with van der Waals surface area (Å²) < 4.78 is 24.1. The van der Waals surface area contributed by atoms with Crippen LogP contribution in [-0.4, -0.2) is 52.7 Å². The van der Waals surface area contributed by atoms with Gasteiger partial charge < -0.3 is 20.1 Å². The maximum Gasteiger partial charge on any atom is 0.333 e. The van der Waals surface area contributed by atoms with Gasteiger partial charge in [-0.3, -0.25) is 4.79 Å². The van der Waals surface area contributed by atoms with E-state index in [1.165, 1.54) is 7.11 Å². The lowest BCUT2D eigenvalue weighted by atomic mass is 9.95. The van der Waals surface area contributed by atoms with Gasteiger partial charge in [0.1, 0.15) is 11.6 Å². The number of anilines is 1. The molecular weight excluding hydrogens is 355 g/mol. The number of hydrogen-bond donors (Lipinski definition) is 2. The normalized spacial score (nSPS) is 23.2. The molecule has 1 fully saturated rings. The van der Waals surface area contributed by atoms with Crippen molar-refractivity contribution in [2.24, 2.45) is 0 Å². The zero-order chi connectivity index (χ0) is 18.8. The quantitative estimate of drug-likeness (QED) is 0.600. The molecule has 1 aromatic heterocycles. The summed E-state index contributed by atoms with van der Waals surface area (Å²) in [5.41, 5.74) is -2.18. The van der Waals surface area contributed by atoms with Gasteiger partial charge in [-0.25, -0.2) is 14.2 Å². The summed E-state index contributed by atoms with van der Waals surface area (Å²) in [6.07, 6.45) is 0.885. The molecule has 1 saturated heterocycles. The fourth-order valence-corrected chi connectivity index (χ4v) is 2.57. The topological polar surface area (TPSA) is 102 Å². The molecule has 1 aliphatic heterocycles. The number of halogens is 2. The molecule has 0 radical (unpaired) electrons. The number of esters is 2. The Hall–Kier alpha value is -2.00. The Morgan fingerprint density at radius 1 is 1.48 bits per heavy atom. The van der Waals surface area contributed by atoms with Crippen molar-refractivity contribution < 1.29 is 23.5 Å². The van der Waals surface area contributed by atoms with Gasteiger partial charge in [-0.15, -0.1) is 0 Å². The number of carbonyl (C=O) groups is 2. The summed E-state index contributed by atoms with van der Waals surface area (Å²) in [6, 6.07) is -0.745. The predicted octanol–water partition coefficient (Wildman–Crippen LogP) is 1.30. The van der Waals surface area contributed by atoms with Crippen LogP contribution in [0.15, 0.2) is 6.20 Å². The van der Waals surface area contributed by atoms with E-state index < -0.39 is 34.9 Å². The first kappa shape index (κ1) is 19.3. The molecule has 2 N–H and O–H groups in total. The van der Waals surface area contributed by atoms with E-state index in [0.29, 0.717) is 0 Å². The Balaban J connectivity index is 2.34. The minimum Gasteiger partial charge on any atom is -0.468 e. The monoisotopic (exact) mass is 374 g/mol. The van der Waals surface area contributed by atoms with Crippen molar-refractivity contribution >= 4 is 29.4 Å². The molecular formula is C15H20ClFN4O4. The second kappa shape index (κ2) is 7.09. The van der Waals surface area contributed by atoms with Crippen LogP contribution in [0, 0.1) is 5.82 Å². The lowest BCUT2D eigenvalue weighted by Gasteiger charge is -2.31. The Morgan fingerprint density at radius 2 is 2.16 bits per heavy atom. The van der Waals surface area contributed by atoms with Crippen LogP contribution in [0.1, 0.15) is 27.2 Å². The first-order chi connectivity index (χ1) is 11.6. The average Bonchev–Trinajstić information content (AvgIpc) is 2.94. The fraction of sp³-hybridized carbons (Fsp3) is 0.600. The molecule has 0 aliphatic carbocycles. The van der Waals surface area contributed by atoms with E-state index >= 15 is 0 Å². The van der Waals surface area contributed by atoms with Crippen LogP contribution in [0.5, 0.6) is 0 Å². The Bertz CT molecular complexity index is 682. The van der Waals surface area contributed by atoms with Crippen LogP contribution in [0.2, 0.25) is 5.28 Å². The summed E-state index contributed by atoms with van der Waals surface area (Å²) in [6.45, 7) is 5.14. The Kier molecular flexibility index (Phi) is 5.48. The molecule has 1 aromatic rings. The lowest BCUT2D eigenvalue weighted by molar-refractivity contribution is -0.160. The maximum absolute atomic E-state index is 14.0. The summed E-state index contributed by atoms with van der Waals surface area (Å²) in [5.74, 6) is -2.21. The van der Waals surface area contributed by atoms with Crippen molar-refractivity contribution in [3.05, 3.63) is 17.3 Å². The molecule has 1 aliphatic rings. The second-order valence-corrected chi connectivity index (χ2v) is 7.04. The van der Waals surface area contributed by atoms with Gasteiger partial charge in [-0.05, 0) is 32.4 Å². The van der Waals surface area contributed by atoms with Crippen LogP contribution in [0.4, 0.5) is 10.2 Å². The van der Waals surface area contributed by atoms with E-state index in [9.17, 15) is 14.0 Å². The SMILES string of the molecule is COC(=O)[C@@H]1C[C@](Nc2nc(Cl)ncc2F)(C(=O)OC(C)(C)C)CN1. The zero-order valence-electron chi connectivity index (χ0n) is 14.4. The van der Waals surface area contributed by atoms with Crippen LogP contribution < -0.4 is 10.6 Å². The third-order valence-corrected chi connectivity index (χ3v) is 3.73. The number of aromatic nitrogens is 2. The van der Waals surface area contributed by atoms with E-state index in [1.807, 2.05) is 0 Å². The molecule has 0 aromatic carbocycles. The minimum absolute atomic E-state index is 0.00432. The van der Waals surface area contributed by atoms with E-state index in [1.54, 1.807) is 20.8 Å². The average molecular weight is 375 g/mol. The van der Waals surface area contributed by atoms with Crippen molar-refractivity contribution in [2.45, 2.75) is 44.4 Å². The molecule has 0 unspecified atom stereocenters. The molecule has 25 heavy (non-hydrogen) atoms. The molecule has 2 atom stereocenters. The highest BCUT2D eigenvalue weighted by atomic mass is 35.5. The van der Waals surface area contributed by atoms with Gasteiger partial charge in [0.15, 0.2) is 17.2 Å². The first-order valence-corrected chi connectivity index (χ1v) is 7.95. The number of nitrogens with one attached hydrogen (secondary N) is 2. The van der Waals surface area contributed by atoms with E-state index in [0.717, 1.165) is 6.20 Å². The van der Waals surface area contributed by atoms with Gasteiger partial charge in [-0.1, -0.05) is 0 Å². The standard InChI is InChI=1S/C15H20ClFN4O4/c1-14(2,3)25-12(23)15(5-9(19-7-15)11(22)24-4)21-10-8(17)6-18-13(16)20-10/h6,9,19H,5,7H2,1-4H3,(H,18,20,21)/t9-,15+/m0/s1. The molecule has 138 valence electrons. The maximum atomic E-state index is 14.0. The third-order valence-electron chi connectivity index (χ3n) is 3.55. The second-order valence-electron chi connectivity index (χ2n) is 6.71. The number of carbonyl (C=O) groups excluding carboxylic acids is 2. The lowest BCUT2D eigenvalue weighted by Crippen LogP contribution is -2.51. The van der Waals surface area contributed by atoms with Crippen molar-refractivity contribution in [1.29, 1.82) is 0 Å². The molecule has 2 heterocycles. The molecule has 0 saturated carbocycles. The third kappa shape index (κ3) is 4.55.